The Labute approximate surface area is 206 Å². The zero-order valence-corrected chi connectivity index (χ0v) is 23.2. The minimum absolute atomic E-state index is 0.106. The highest BCUT2D eigenvalue weighted by atomic mass is 16.3. The molecule has 0 aromatic rings. The van der Waals surface area contributed by atoms with Crippen molar-refractivity contribution in [1.82, 2.24) is 0 Å². The molecule has 0 radical (unpaired) electrons. The van der Waals surface area contributed by atoms with Gasteiger partial charge in [-0.25, -0.2) is 0 Å². The lowest BCUT2D eigenvalue weighted by atomic mass is 9.47. The van der Waals surface area contributed by atoms with E-state index < -0.39 is 0 Å². The van der Waals surface area contributed by atoms with Crippen LogP contribution in [0, 0.1) is 52.3 Å². The molecule has 2 N–H and O–H groups in total. The average Bonchev–Trinajstić information content (AvgIpc) is 3.13. The van der Waals surface area contributed by atoms with Crippen LogP contribution in [-0.4, -0.2) is 22.4 Å². The van der Waals surface area contributed by atoms with Crippen LogP contribution >= 0.6 is 0 Å². The maximum absolute atomic E-state index is 11.0. The van der Waals surface area contributed by atoms with Gasteiger partial charge in [0.05, 0.1) is 12.2 Å². The van der Waals surface area contributed by atoms with Crippen molar-refractivity contribution in [2.24, 2.45) is 52.3 Å². The normalized spacial score (nSPS) is 42.8. The van der Waals surface area contributed by atoms with Gasteiger partial charge in [0.15, 0.2) is 0 Å². The molecule has 2 nitrogen and oxygen atoms in total. The summed E-state index contributed by atoms with van der Waals surface area (Å²) in [5.41, 5.74) is 2.38. The van der Waals surface area contributed by atoms with Gasteiger partial charge < -0.3 is 10.2 Å². The largest absolute Gasteiger partial charge is 0.393 e. The summed E-state index contributed by atoms with van der Waals surface area (Å²) in [6.45, 7) is 18.4. The lowest BCUT2D eigenvalue weighted by Crippen LogP contribution is -2.51. The van der Waals surface area contributed by atoms with E-state index in [1.807, 2.05) is 13.8 Å². The summed E-state index contributed by atoms with van der Waals surface area (Å²) < 4.78 is 0. The molecule has 0 bridgehead atoms. The molecule has 4 aliphatic rings. The third-order valence-electron chi connectivity index (χ3n) is 11.3. The molecule has 33 heavy (non-hydrogen) atoms. The molecule has 10 atom stereocenters. The summed E-state index contributed by atoms with van der Waals surface area (Å²) in [4.78, 5) is 0. The van der Waals surface area contributed by atoms with Crippen molar-refractivity contribution in [3.8, 4) is 0 Å². The van der Waals surface area contributed by atoms with Gasteiger partial charge in [0.1, 0.15) is 0 Å². The summed E-state index contributed by atoms with van der Waals surface area (Å²) in [6, 6.07) is 0. The lowest BCUT2D eigenvalue weighted by Gasteiger charge is -2.58. The number of allylic oxidation sites excluding steroid dienone is 1. The van der Waals surface area contributed by atoms with Crippen LogP contribution in [0.2, 0.25) is 0 Å². The molecule has 0 amide bonds. The van der Waals surface area contributed by atoms with Gasteiger partial charge in [-0.05, 0) is 110 Å². The van der Waals surface area contributed by atoms with E-state index in [0.717, 1.165) is 49.4 Å². The monoisotopic (exact) mass is 460 g/mol. The Balaban J connectivity index is 0.00000149. The molecular formula is C31H56O2. The first-order valence-electron chi connectivity index (χ1n) is 14.7. The lowest BCUT2D eigenvalue weighted by molar-refractivity contribution is -0.0613. The van der Waals surface area contributed by atoms with Gasteiger partial charge in [-0.1, -0.05) is 73.5 Å². The fourth-order valence-electron chi connectivity index (χ4n) is 9.52. The predicted molar refractivity (Wildman–Crippen MR) is 141 cm³/mol. The number of rotatable bonds is 6. The van der Waals surface area contributed by atoms with Crippen molar-refractivity contribution in [3.05, 3.63) is 11.6 Å². The van der Waals surface area contributed by atoms with E-state index in [9.17, 15) is 10.2 Å². The third-order valence-corrected chi connectivity index (χ3v) is 11.3. The summed E-state index contributed by atoms with van der Waals surface area (Å²) in [5.74, 6) is 4.89. The van der Waals surface area contributed by atoms with Crippen molar-refractivity contribution in [2.45, 2.75) is 132 Å². The van der Waals surface area contributed by atoms with E-state index in [-0.39, 0.29) is 12.2 Å². The second-order valence-electron chi connectivity index (χ2n) is 13.0. The SMILES string of the molecule is CC.CC[C@@H](C(C)C)[C@H](O)C[C@@H](C)C1CCC2C3CC=C4CC(O)CCC4(C)C3CCC21C. The zero-order chi connectivity index (χ0) is 24.6. The van der Waals surface area contributed by atoms with E-state index in [2.05, 4.69) is 47.6 Å². The highest BCUT2D eigenvalue weighted by molar-refractivity contribution is 5.25. The maximum Gasteiger partial charge on any atom is 0.0577 e. The fourth-order valence-corrected chi connectivity index (χ4v) is 9.52. The average molecular weight is 461 g/mol. The topological polar surface area (TPSA) is 40.5 Å². The molecule has 192 valence electrons. The highest BCUT2D eigenvalue weighted by Crippen LogP contribution is 2.67. The number of fused-ring (bicyclic) bond motifs is 5. The Hall–Kier alpha value is -0.340. The molecule has 0 spiro atoms. The Morgan fingerprint density at radius 1 is 1.00 bits per heavy atom. The van der Waals surface area contributed by atoms with Crippen LogP contribution < -0.4 is 0 Å². The smallest absolute Gasteiger partial charge is 0.0577 e. The fraction of sp³-hybridized carbons (Fsp3) is 0.935. The van der Waals surface area contributed by atoms with Gasteiger partial charge in [-0.3, -0.25) is 0 Å². The number of aliphatic hydroxyl groups excluding tert-OH is 2. The summed E-state index contributed by atoms with van der Waals surface area (Å²) >= 11 is 0. The Morgan fingerprint density at radius 2 is 1.70 bits per heavy atom. The maximum atomic E-state index is 11.0. The van der Waals surface area contributed by atoms with Gasteiger partial charge in [-0.15, -0.1) is 0 Å². The van der Waals surface area contributed by atoms with E-state index in [1.165, 1.54) is 38.5 Å². The van der Waals surface area contributed by atoms with Crippen LogP contribution in [-0.2, 0) is 0 Å². The van der Waals surface area contributed by atoms with Crippen LogP contribution in [0.5, 0.6) is 0 Å². The van der Waals surface area contributed by atoms with E-state index in [4.69, 9.17) is 0 Å². The third kappa shape index (κ3) is 4.87. The molecule has 3 fully saturated rings. The molecule has 4 rings (SSSR count). The van der Waals surface area contributed by atoms with Crippen LogP contribution in [0.4, 0.5) is 0 Å². The van der Waals surface area contributed by atoms with E-state index in [1.54, 1.807) is 5.57 Å². The Morgan fingerprint density at radius 3 is 2.33 bits per heavy atom. The van der Waals surface area contributed by atoms with E-state index in [0.29, 0.717) is 28.6 Å². The van der Waals surface area contributed by atoms with Crippen molar-refractivity contribution in [2.75, 3.05) is 0 Å². The standard InChI is InChI=1S/C29H50O2.C2H6/c1-7-22(18(2)3)27(31)16-19(4)24-10-11-25-23-9-8-20-17-21(30)12-14-28(20,5)26(23)13-15-29(24,25)6;1-2/h8,18-19,21-27,30-31H,7,9-17H2,1-6H3;1-2H3/t19-,21?,22+,23?,24?,25?,26?,27-,28?,29?;/m1./s1. The summed E-state index contributed by atoms with van der Waals surface area (Å²) in [7, 11) is 0. The van der Waals surface area contributed by atoms with Crippen LogP contribution in [0.25, 0.3) is 0 Å². The van der Waals surface area contributed by atoms with Crippen molar-refractivity contribution < 1.29 is 10.2 Å². The molecule has 2 heteroatoms. The van der Waals surface area contributed by atoms with Gasteiger partial charge in [0, 0.05) is 0 Å². The molecular weight excluding hydrogens is 404 g/mol. The van der Waals surface area contributed by atoms with Crippen LogP contribution in [0.1, 0.15) is 120 Å². The first kappa shape index (κ1) is 27.3. The molecule has 7 unspecified atom stereocenters. The Kier molecular flexibility index (Phi) is 8.86. The number of hydrogen-bond donors (Lipinski definition) is 2. The van der Waals surface area contributed by atoms with Crippen molar-refractivity contribution in [1.29, 1.82) is 0 Å². The van der Waals surface area contributed by atoms with E-state index >= 15 is 0 Å². The van der Waals surface area contributed by atoms with Crippen molar-refractivity contribution >= 4 is 0 Å². The molecule has 0 saturated heterocycles. The number of hydrogen-bond acceptors (Lipinski definition) is 2. The molecule has 3 saturated carbocycles. The van der Waals surface area contributed by atoms with Crippen LogP contribution in [0.15, 0.2) is 11.6 Å². The van der Waals surface area contributed by atoms with Crippen LogP contribution in [0.3, 0.4) is 0 Å². The number of aliphatic hydroxyl groups is 2. The first-order valence-corrected chi connectivity index (χ1v) is 14.7. The molecule has 0 aromatic carbocycles. The second kappa shape index (κ2) is 10.7. The predicted octanol–water partition coefficient (Wildman–Crippen LogP) is 8.02. The summed E-state index contributed by atoms with van der Waals surface area (Å²) in [5, 5.41) is 21.3. The van der Waals surface area contributed by atoms with Gasteiger partial charge in [-0.2, -0.15) is 0 Å². The first-order chi connectivity index (χ1) is 15.6. The summed E-state index contributed by atoms with van der Waals surface area (Å²) in [6.07, 6.45) is 14.2. The molecule has 0 aromatic heterocycles. The molecule has 0 heterocycles. The molecule has 4 aliphatic carbocycles. The molecule has 0 aliphatic heterocycles. The van der Waals surface area contributed by atoms with Gasteiger partial charge >= 0.3 is 0 Å². The minimum atomic E-state index is -0.147. The quantitative estimate of drug-likeness (QED) is 0.394. The van der Waals surface area contributed by atoms with Gasteiger partial charge in [0.2, 0.25) is 0 Å². The zero-order valence-electron chi connectivity index (χ0n) is 23.2. The minimum Gasteiger partial charge on any atom is -0.393 e. The highest BCUT2D eigenvalue weighted by Gasteiger charge is 2.59. The van der Waals surface area contributed by atoms with Gasteiger partial charge in [0.25, 0.3) is 0 Å². The van der Waals surface area contributed by atoms with Crippen molar-refractivity contribution in [3.63, 3.8) is 0 Å². The second-order valence-corrected chi connectivity index (χ2v) is 13.0. The Bertz CT molecular complexity index is 668.